The number of hydrogen-bond donors (Lipinski definition) is 0. The average Bonchev–Trinajstić information content (AvgIpc) is 2.97. The number of hydrogen-bond acceptors (Lipinski definition) is 4. The van der Waals surface area contributed by atoms with Crippen molar-refractivity contribution < 1.29 is 4.74 Å². The van der Waals surface area contributed by atoms with Gasteiger partial charge < -0.3 is 4.74 Å². The van der Waals surface area contributed by atoms with E-state index in [1.54, 1.807) is 34.3 Å². The average molecular weight is 352 g/mol. The summed E-state index contributed by atoms with van der Waals surface area (Å²) < 4.78 is 8.12. The van der Waals surface area contributed by atoms with E-state index in [0.717, 1.165) is 41.8 Å². The highest BCUT2D eigenvalue weighted by Gasteiger charge is 2.26. The van der Waals surface area contributed by atoms with Gasteiger partial charge in [-0.05, 0) is 43.4 Å². The van der Waals surface area contributed by atoms with Gasteiger partial charge in [0.2, 0.25) is 0 Å². The molecule has 5 rings (SSSR count). The maximum Gasteiger partial charge on any atom is 0.341 e. The Labute approximate surface area is 147 Å². The minimum atomic E-state index is -0.322. The van der Waals surface area contributed by atoms with Gasteiger partial charge in [0.25, 0.3) is 5.56 Å². The minimum absolute atomic E-state index is 0.206. The number of para-hydroxylation sites is 1. The van der Waals surface area contributed by atoms with E-state index < -0.39 is 0 Å². The van der Waals surface area contributed by atoms with Crippen LogP contribution in [0.1, 0.15) is 23.3 Å². The van der Waals surface area contributed by atoms with Crippen molar-refractivity contribution in [3.63, 3.8) is 0 Å². The number of nitrogens with zero attached hydrogens (tertiary/aromatic N) is 2. The molecule has 25 heavy (non-hydrogen) atoms. The molecule has 0 atom stereocenters. The lowest BCUT2D eigenvalue weighted by Gasteiger charge is -2.19. The Morgan fingerprint density at radius 3 is 2.48 bits per heavy atom. The smallest absolute Gasteiger partial charge is 0.341 e. The molecule has 0 radical (unpaired) electrons. The van der Waals surface area contributed by atoms with E-state index in [2.05, 4.69) is 0 Å². The molecular weight excluding hydrogens is 336 g/mol. The van der Waals surface area contributed by atoms with Gasteiger partial charge in [-0.1, -0.05) is 18.2 Å². The normalized spacial score (nSPS) is 16.1. The fourth-order valence-corrected chi connectivity index (χ4v) is 5.05. The summed E-state index contributed by atoms with van der Waals surface area (Å²) in [6, 6.07) is 9.14. The lowest BCUT2D eigenvalue weighted by Crippen LogP contribution is -2.39. The molecule has 6 heteroatoms. The van der Waals surface area contributed by atoms with Gasteiger partial charge in [0.05, 0.1) is 11.1 Å². The molecule has 1 aliphatic heterocycles. The Balaban J connectivity index is 1.96. The highest BCUT2D eigenvalue weighted by Crippen LogP contribution is 2.35. The molecule has 0 N–H and O–H groups in total. The zero-order valence-corrected chi connectivity index (χ0v) is 14.3. The quantitative estimate of drug-likeness (QED) is 0.713. The van der Waals surface area contributed by atoms with Gasteiger partial charge in [0, 0.05) is 4.88 Å². The van der Waals surface area contributed by atoms with Crippen molar-refractivity contribution in [1.29, 1.82) is 0 Å². The molecule has 3 heterocycles. The van der Waals surface area contributed by atoms with Crippen molar-refractivity contribution in [2.75, 3.05) is 6.61 Å². The highest BCUT2D eigenvalue weighted by molar-refractivity contribution is 7.19. The van der Waals surface area contributed by atoms with Crippen LogP contribution in [0.15, 0.2) is 46.2 Å². The maximum atomic E-state index is 13.3. The Bertz CT molecular complexity index is 1140. The first-order chi connectivity index (χ1) is 12.3. The van der Waals surface area contributed by atoms with Gasteiger partial charge in [-0.2, -0.15) is 0 Å². The zero-order valence-electron chi connectivity index (χ0n) is 13.5. The number of rotatable bonds is 2. The first-order valence-corrected chi connectivity index (χ1v) is 9.26. The van der Waals surface area contributed by atoms with Crippen LogP contribution in [0.3, 0.4) is 0 Å². The van der Waals surface area contributed by atoms with Crippen LogP contribution in [0.2, 0.25) is 0 Å². The number of fused-ring (bicyclic) bond motifs is 3. The number of ether oxygens (including phenoxy) is 1. The van der Waals surface area contributed by atoms with Gasteiger partial charge in [-0.25, -0.2) is 13.9 Å². The number of aromatic nitrogens is 2. The molecule has 0 amide bonds. The Morgan fingerprint density at radius 2 is 1.76 bits per heavy atom. The molecule has 0 saturated heterocycles. The summed E-state index contributed by atoms with van der Waals surface area (Å²) in [5, 5.41) is 0.705. The third-order valence-corrected chi connectivity index (χ3v) is 6.18. The summed E-state index contributed by atoms with van der Waals surface area (Å²) in [6.07, 6.45) is 5.73. The highest BCUT2D eigenvalue weighted by atomic mass is 32.1. The van der Waals surface area contributed by atoms with Crippen molar-refractivity contribution in [2.45, 2.75) is 25.7 Å². The molecule has 2 aromatic heterocycles. The van der Waals surface area contributed by atoms with Crippen molar-refractivity contribution in [2.24, 2.45) is 0 Å². The van der Waals surface area contributed by atoms with Crippen molar-refractivity contribution in [1.82, 2.24) is 9.13 Å². The van der Waals surface area contributed by atoms with Crippen LogP contribution in [0.25, 0.3) is 21.6 Å². The number of benzene rings is 1. The van der Waals surface area contributed by atoms with Crippen LogP contribution in [-0.2, 0) is 17.6 Å². The molecule has 0 unspecified atom stereocenters. The third-order valence-electron chi connectivity index (χ3n) is 4.91. The Hall–Kier alpha value is -2.60. The van der Waals surface area contributed by atoms with Gasteiger partial charge in [-0.3, -0.25) is 4.79 Å². The van der Waals surface area contributed by atoms with Crippen LogP contribution in [0.4, 0.5) is 0 Å². The third kappa shape index (κ3) is 2.07. The zero-order chi connectivity index (χ0) is 17.0. The second-order valence-corrected chi connectivity index (χ2v) is 7.49. The van der Waals surface area contributed by atoms with Crippen LogP contribution >= 0.6 is 11.3 Å². The molecule has 3 aromatic rings. The van der Waals surface area contributed by atoms with Gasteiger partial charge in [0.15, 0.2) is 0 Å². The van der Waals surface area contributed by atoms with Crippen LogP contribution in [0.5, 0.6) is 0 Å². The van der Waals surface area contributed by atoms with Crippen molar-refractivity contribution in [3.8, 4) is 5.69 Å². The summed E-state index contributed by atoms with van der Waals surface area (Å²) in [7, 11) is 0. The molecule has 1 aromatic carbocycles. The predicted molar refractivity (Wildman–Crippen MR) is 98.5 cm³/mol. The van der Waals surface area contributed by atoms with E-state index in [0.29, 0.717) is 17.7 Å². The summed E-state index contributed by atoms with van der Waals surface area (Å²) in [4.78, 5) is 28.5. The first kappa shape index (κ1) is 14.7. The molecular formula is C19H16N2O3S. The van der Waals surface area contributed by atoms with Crippen molar-refractivity contribution >= 4 is 27.3 Å². The Kier molecular flexibility index (Phi) is 3.21. The number of thiophene rings is 1. The molecule has 2 aliphatic rings. The molecule has 5 nitrogen and oxygen atoms in total. The summed E-state index contributed by atoms with van der Waals surface area (Å²) in [5.74, 6) is 0. The van der Waals surface area contributed by atoms with Crippen molar-refractivity contribution in [3.05, 3.63) is 67.9 Å². The first-order valence-electron chi connectivity index (χ1n) is 8.44. The summed E-state index contributed by atoms with van der Waals surface area (Å²) >= 11 is 1.59. The topological polar surface area (TPSA) is 53.2 Å². The van der Waals surface area contributed by atoms with E-state index in [4.69, 9.17) is 4.74 Å². The molecule has 0 bridgehead atoms. The predicted octanol–water partition coefficient (Wildman–Crippen LogP) is 2.92. The Morgan fingerprint density at radius 1 is 1.00 bits per heavy atom. The van der Waals surface area contributed by atoms with E-state index in [9.17, 15) is 9.59 Å². The second-order valence-electron chi connectivity index (χ2n) is 6.41. The standard InChI is InChI=1S/C19H16N2O3S/c22-17-16-14-8-4-5-9-15(14)25-18(16)21(13-10-24-11-13)19(23)20(17)12-6-2-1-3-7-12/h1-3,6-7,10H,4-5,8-9,11H2. The summed E-state index contributed by atoms with van der Waals surface area (Å²) in [5.41, 5.74) is 2.01. The van der Waals surface area contributed by atoms with Crippen LogP contribution < -0.4 is 11.2 Å². The molecule has 1 aliphatic carbocycles. The second kappa shape index (κ2) is 5.46. The van der Waals surface area contributed by atoms with E-state index >= 15 is 0 Å². The molecule has 126 valence electrons. The SMILES string of the molecule is O=c1c2c3c(sc2n(C2=COC2)c(=O)n1-c1ccccc1)CCCC3. The maximum absolute atomic E-state index is 13.3. The lowest BCUT2D eigenvalue weighted by atomic mass is 9.97. The van der Waals surface area contributed by atoms with E-state index in [-0.39, 0.29) is 11.2 Å². The molecule has 0 fully saturated rings. The van der Waals surface area contributed by atoms with Crippen LogP contribution in [-0.4, -0.2) is 15.7 Å². The molecule has 0 saturated carbocycles. The van der Waals surface area contributed by atoms with Crippen LogP contribution in [0, 0.1) is 0 Å². The number of aryl methyl sites for hydroxylation is 2. The van der Waals surface area contributed by atoms with E-state index in [1.165, 1.54) is 9.44 Å². The minimum Gasteiger partial charge on any atom is -0.493 e. The lowest BCUT2D eigenvalue weighted by molar-refractivity contribution is 0.247. The fraction of sp³-hybridized carbons (Fsp3) is 0.263. The summed E-state index contributed by atoms with van der Waals surface area (Å²) in [6.45, 7) is 0.393. The van der Waals surface area contributed by atoms with Gasteiger partial charge in [0.1, 0.15) is 23.4 Å². The fourth-order valence-electron chi connectivity index (χ4n) is 3.65. The molecule has 0 spiro atoms. The monoisotopic (exact) mass is 352 g/mol. The van der Waals surface area contributed by atoms with Gasteiger partial charge in [-0.15, -0.1) is 11.3 Å². The van der Waals surface area contributed by atoms with Gasteiger partial charge >= 0.3 is 5.69 Å². The largest absolute Gasteiger partial charge is 0.493 e. The van der Waals surface area contributed by atoms with E-state index in [1.807, 2.05) is 18.2 Å².